The van der Waals surface area contributed by atoms with Crippen LogP contribution in [-0.4, -0.2) is 16.1 Å². The SMILES string of the molecule is CCCCCc1ccc(-c2ccc(-c3ccc(CCCCCCCCCC(=O)O)cc3)cc2)nc1. The lowest BCUT2D eigenvalue weighted by Gasteiger charge is -2.07. The Balaban J connectivity index is 1.40. The van der Waals surface area contributed by atoms with Crippen LogP contribution in [-0.2, 0) is 17.6 Å². The first-order valence-corrected chi connectivity index (χ1v) is 13.5. The van der Waals surface area contributed by atoms with Crippen molar-refractivity contribution in [1.82, 2.24) is 4.98 Å². The summed E-state index contributed by atoms with van der Waals surface area (Å²) < 4.78 is 0. The molecule has 3 heteroatoms. The molecule has 0 spiro atoms. The first-order chi connectivity index (χ1) is 17.2. The average molecular weight is 472 g/mol. The fraction of sp³-hybridized carbons (Fsp3) is 0.438. The van der Waals surface area contributed by atoms with E-state index >= 15 is 0 Å². The number of carbonyl (C=O) groups is 1. The zero-order chi connectivity index (χ0) is 24.7. The summed E-state index contributed by atoms with van der Waals surface area (Å²) in [6, 6.07) is 22.1. The van der Waals surface area contributed by atoms with Gasteiger partial charge in [0, 0.05) is 18.2 Å². The lowest BCUT2D eigenvalue weighted by molar-refractivity contribution is -0.137. The second-order valence-electron chi connectivity index (χ2n) is 9.65. The van der Waals surface area contributed by atoms with Gasteiger partial charge in [0.2, 0.25) is 0 Å². The monoisotopic (exact) mass is 471 g/mol. The number of benzene rings is 2. The number of hydrogen-bond donors (Lipinski definition) is 1. The van der Waals surface area contributed by atoms with Gasteiger partial charge in [-0.3, -0.25) is 9.78 Å². The van der Waals surface area contributed by atoms with Gasteiger partial charge in [0.05, 0.1) is 5.69 Å². The Bertz CT molecular complexity index is 991. The molecule has 0 aliphatic heterocycles. The van der Waals surface area contributed by atoms with Crippen molar-refractivity contribution in [2.75, 3.05) is 0 Å². The number of carboxylic acids is 1. The zero-order valence-electron chi connectivity index (χ0n) is 21.3. The number of rotatable bonds is 16. The Hall–Kier alpha value is -2.94. The Kier molecular flexibility index (Phi) is 11.5. The Labute approximate surface area is 211 Å². The van der Waals surface area contributed by atoms with Gasteiger partial charge in [0.15, 0.2) is 0 Å². The number of aliphatic carboxylic acids is 1. The van der Waals surface area contributed by atoms with E-state index in [1.54, 1.807) is 0 Å². The predicted octanol–water partition coefficient (Wildman–Crippen LogP) is 8.90. The van der Waals surface area contributed by atoms with Gasteiger partial charge in [-0.1, -0.05) is 106 Å². The maximum Gasteiger partial charge on any atom is 0.303 e. The normalized spacial score (nSPS) is 11.0. The molecule has 0 saturated carbocycles. The summed E-state index contributed by atoms with van der Waals surface area (Å²) in [7, 11) is 0. The highest BCUT2D eigenvalue weighted by Crippen LogP contribution is 2.25. The molecule has 3 nitrogen and oxygen atoms in total. The van der Waals surface area contributed by atoms with Crippen molar-refractivity contribution < 1.29 is 9.90 Å². The van der Waals surface area contributed by atoms with E-state index in [1.165, 1.54) is 67.2 Å². The molecule has 0 aliphatic rings. The predicted molar refractivity (Wildman–Crippen MR) is 147 cm³/mol. The van der Waals surface area contributed by atoms with Crippen LogP contribution in [0, 0.1) is 0 Å². The van der Waals surface area contributed by atoms with Crippen LogP contribution in [0.5, 0.6) is 0 Å². The minimum absolute atomic E-state index is 0.310. The second kappa shape index (κ2) is 15.1. The average Bonchev–Trinajstić information content (AvgIpc) is 2.89. The molecule has 0 radical (unpaired) electrons. The molecule has 0 saturated heterocycles. The van der Waals surface area contributed by atoms with Gasteiger partial charge in [-0.05, 0) is 60.4 Å². The van der Waals surface area contributed by atoms with Crippen LogP contribution < -0.4 is 0 Å². The van der Waals surface area contributed by atoms with Crippen LogP contribution >= 0.6 is 0 Å². The molecular weight excluding hydrogens is 430 g/mol. The van der Waals surface area contributed by atoms with Crippen LogP contribution in [0.2, 0.25) is 0 Å². The Morgan fingerprint density at radius 1 is 0.629 bits per heavy atom. The third-order valence-corrected chi connectivity index (χ3v) is 6.72. The van der Waals surface area contributed by atoms with E-state index in [1.807, 2.05) is 6.20 Å². The van der Waals surface area contributed by atoms with E-state index in [-0.39, 0.29) is 0 Å². The van der Waals surface area contributed by atoms with Gasteiger partial charge in [0.25, 0.3) is 0 Å². The third-order valence-electron chi connectivity index (χ3n) is 6.72. The zero-order valence-corrected chi connectivity index (χ0v) is 21.3. The van der Waals surface area contributed by atoms with Crippen molar-refractivity contribution in [3.63, 3.8) is 0 Å². The number of hydrogen-bond acceptors (Lipinski definition) is 2. The number of pyridine rings is 1. The van der Waals surface area contributed by atoms with Crippen LogP contribution in [0.1, 0.15) is 88.7 Å². The van der Waals surface area contributed by atoms with Crippen LogP contribution in [0.15, 0.2) is 66.9 Å². The van der Waals surface area contributed by atoms with Crippen molar-refractivity contribution in [3.8, 4) is 22.4 Å². The molecule has 3 rings (SSSR count). The molecule has 0 bridgehead atoms. The molecule has 186 valence electrons. The summed E-state index contributed by atoms with van der Waals surface area (Å²) in [5.41, 5.74) is 7.40. The van der Waals surface area contributed by atoms with Crippen molar-refractivity contribution in [2.24, 2.45) is 0 Å². The fourth-order valence-electron chi connectivity index (χ4n) is 4.51. The largest absolute Gasteiger partial charge is 0.481 e. The minimum atomic E-state index is -0.677. The fourth-order valence-corrected chi connectivity index (χ4v) is 4.51. The van der Waals surface area contributed by atoms with E-state index in [2.05, 4.69) is 72.6 Å². The molecule has 2 aromatic carbocycles. The number of nitrogens with zero attached hydrogens (tertiary/aromatic N) is 1. The van der Waals surface area contributed by atoms with Crippen LogP contribution in [0.3, 0.4) is 0 Å². The first-order valence-electron chi connectivity index (χ1n) is 13.5. The van der Waals surface area contributed by atoms with Gasteiger partial charge in [-0.15, -0.1) is 0 Å². The smallest absolute Gasteiger partial charge is 0.303 e. The topological polar surface area (TPSA) is 50.2 Å². The summed E-state index contributed by atoms with van der Waals surface area (Å²) in [6.07, 6.45) is 16.3. The van der Waals surface area contributed by atoms with Gasteiger partial charge in [0.1, 0.15) is 0 Å². The lowest BCUT2D eigenvalue weighted by Crippen LogP contribution is -1.93. The summed E-state index contributed by atoms with van der Waals surface area (Å²) in [4.78, 5) is 15.2. The van der Waals surface area contributed by atoms with Gasteiger partial charge < -0.3 is 5.11 Å². The Morgan fingerprint density at radius 2 is 1.14 bits per heavy atom. The summed E-state index contributed by atoms with van der Waals surface area (Å²) >= 11 is 0. The van der Waals surface area contributed by atoms with E-state index in [9.17, 15) is 4.79 Å². The van der Waals surface area contributed by atoms with Gasteiger partial charge in [-0.25, -0.2) is 0 Å². The van der Waals surface area contributed by atoms with Gasteiger partial charge in [-0.2, -0.15) is 0 Å². The summed E-state index contributed by atoms with van der Waals surface area (Å²) in [5.74, 6) is -0.677. The van der Waals surface area contributed by atoms with E-state index < -0.39 is 5.97 Å². The van der Waals surface area contributed by atoms with Crippen molar-refractivity contribution >= 4 is 5.97 Å². The Morgan fingerprint density at radius 3 is 1.74 bits per heavy atom. The number of aromatic nitrogens is 1. The minimum Gasteiger partial charge on any atom is -0.481 e. The highest BCUT2D eigenvalue weighted by atomic mass is 16.4. The highest BCUT2D eigenvalue weighted by Gasteiger charge is 2.03. The number of unbranched alkanes of at least 4 members (excludes halogenated alkanes) is 8. The molecule has 0 unspecified atom stereocenters. The molecule has 0 aliphatic carbocycles. The quantitative estimate of drug-likeness (QED) is 0.212. The molecule has 0 atom stereocenters. The molecule has 1 heterocycles. The van der Waals surface area contributed by atoms with E-state index in [0.29, 0.717) is 6.42 Å². The maximum atomic E-state index is 10.5. The molecule has 0 fully saturated rings. The number of carboxylic acid groups (broad SMARTS) is 1. The molecule has 1 N–H and O–H groups in total. The van der Waals surface area contributed by atoms with Crippen molar-refractivity contribution in [1.29, 1.82) is 0 Å². The standard InChI is InChI=1S/C32H41NO2/c1-2-3-9-13-27-17-24-31(33-25-27)30-22-20-29(21-23-30)28-18-15-26(16-19-28)12-10-7-5-4-6-8-11-14-32(34)35/h15-25H,2-14H2,1H3,(H,34,35). The first kappa shape index (κ1) is 26.7. The molecule has 1 aromatic heterocycles. The second-order valence-corrected chi connectivity index (χ2v) is 9.65. The molecular formula is C32H41NO2. The third kappa shape index (κ3) is 9.68. The van der Waals surface area contributed by atoms with Crippen LogP contribution in [0.25, 0.3) is 22.4 Å². The summed E-state index contributed by atoms with van der Waals surface area (Å²) in [6.45, 7) is 2.24. The van der Waals surface area contributed by atoms with Crippen molar-refractivity contribution in [2.45, 2.75) is 90.4 Å². The molecule has 0 amide bonds. The van der Waals surface area contributed by atoms with E-state index in [0.717, 1.165) is 43.4 Å². The molecule has 3 aromatic rings. The molecule has 35 heavy (non-hydrogen) atoms. The number of aryl methyl sites for hydroxylation is 2. The van der Waals surface area contributed by atoms with Crippen molar-refractivity contribution in [3.05, 3.63) is 78.0 Å². The van der Waals surface area contributed by atoms with Gasteiger partial charge >= 0.3 is 5.97 Å². The lowest BCUT2D eigenvalue weighted by atomic mass is 9.99. The summed E-state index contributed by atoms with van der Waals surface area (Å²) in [5, 5.41) is 8.66. The van der Waals surface area contributed by atoms with E-state index in [4.69, 9.17) is 5.11 Å². The van der Waals surface area contributed by atoms with Crippen LogP contribution in [0.4, 0.5) is 0 Å². The highest BCUT2D eigenvalue weighted by molar-refractivity contribution is 5.69. The maximum absolute atomic E-state index is 10.5.